The summed E-state index contributed by atoms with van der Waals surface area (Å²) in [6.07, 6.45) is 3.79. The van der Waals surface area contributed by atoms with Crippen molar-refractivity contribution in [3.05, 3.63) is 0 Å². The van der Waals surface area contributed by atoms with Crippen LogP contribution in [0.5, 0.6) is 0 Å². The molecule has 1 aliphatic rings. The number of amides is 2. The molecule has 7 nitrogen and oxygen atoms in total. The van der Waals surface area contributed by atoms with E-state index in [1.165, 1.54) is 4.90 Å². The van der Waals surface area contributed by atoms with Gasteiger partial charge in [0.25, 0.3) is 0 Å². The average molecular weight is 303 g/mol. The van der Waals surface area contributed by atoms with E-state index in [0.29, 0.717) is 19.4 Å². The highest BCUT2D eigenvalue weighted by Crippen LogP contribution is 2.19. The molecular formula is C12H21N3O4S. The molecule has 0 aromatic rings. The molecule has 0 bridgehead atoms. The maximum absolute atomic E-state index is 12.2. The first kappa shape index (κ1) is 16.8. The van der Waals surface area contributed by atoms with Crippen molar-refractivity contribution in [2.75, 3.05) is 25.1 Å². The van der Waals surface area contributed by atoms with Crippen LogP contribution in [0.3, 0.4) is 0 Å². The Balaban J connectivity index is 2.57. The zero-order valence-electron chi connectivity index (χ0n) is 11.5. The summed E-state index contributed by atoms with van der Waals surface area (Å²) in [6.45, 7) is 0.0624. The summed E-state index contributed by atoms with van der Waals surface area (Å²) in [4.78, 5) is 36.0. The van der Waals surface area contributed by atoms with Crippen LogP contribution >= 0.6 is 11.8 Å². The maximum atomic E-state index is 12.2. The molecule has 20 heavy (non-hydrogen) atoms. The molecule has 1 rings (SSSR count). The number of hydrogen-bond acceptors (Lipinski definition) is 5. The van der Waals surface area contributed by atoms with Crippen LogP contribution in [0.4, 0.5) is 0 Å². The Hall–Kier alpha value is -1.28. The fourth-order valence-electron chi connectivity index (χ4n) is 2.16. The third-order valence-electron chi connectivity index (χ3n) is 3.20. The molecule has 2 amide bonds. The van der Waals surface area contributed by atoms with E-state index in [1.54, 1.807) is 11.8 Å². The molecule has 114 valence electrons. The third-order valence-corrected chi connectivity index (χ3v) is 3.85. The molecule has 0 saturated carbocycles. The molecular weight excluding hydrogens is 282 g/mol. The van der Waals surface area contributed by atoms with Crippen LogP contribution in [-0.2, 0) is 14.4 Å². The van der Waals surface area contributed by atoms with Gasteiger partial charge in [0.05, 0.1) is 6.04 Å². The number of nitrogens with two attached hydrogens (primary N) is 1. The second kappa shape index (κ2) is 8.11. The number of likely N-dealkylation sites (tertiary alicyclic amines) is 1. The summed E-state index contributed by atoms with van der Waals surface area (Å²) in [5, 5.41) is 10.9. The summed E-state index contributed by atoms with van der Waals surface area (Å²) >= 11 is 1.61. The van der Waals surface area contributed by atoms with E-state index in [-0.39, 0.29) is 5.91 Å². The van der Waals surface area contributed by atoms with Gasteiger partial charge < -0.3 is 21.1 Å². The normalized spacial score (nSPS) is 19.7. The van der Waals surface area contributed by atoms with Crippen LogP contribution in [-0.4, -0.2) is 65.0 Å². The van der Waals surface area contributed by atoms with E-state index in [0.717, 1.165) is 12.2 Å². The maximum Gasteiger partial charge on any atom is 0.322 e. The Morgan fingerprint density at radius 2 is 2.20 bits per heavy atom. The van der Waals surface area contributed by atoms with E-state index in [2.05, 4.69) is 5.32 Å². The number of carbonyl (C=O) groups is 3. The second-order valence-electron chi connectivity index (χ2n) is 4.69. The van der Waals surface area contributed by atoms with Crippen molar-refractivity contribution in [3.63, 3.8) is 0 Å². The number of nitrogens with zero attached hydrogens (tertiary/aromatic N) is 1. The zero-order valence-corrected chi connectivity index (χ0v) is 12.3. The number of thioether (sulfide) groups is 1. The fraction of sp³-hybridized carbons (Fsp3) is 0.750. The van der Waals surface area contributed by atoms with Crippen LogP contribution in [0.1, 0.15) is 19.3 Å². The Morgan fingerprint density at radius 3 is 2.80 bits per heavy atom. The van der Waals surface area contributed by atoms with E-state index in [9.17, 15) is 14.4 Å². The first-order valence-electron chi connectivity index (χ1n) is 6.52. The molecule has 0 spiro atoms. The molecule has 1 saturated heterocycles. The third kappa shape index (κ3) is 4.68. The molecule has 1 heterocycles. The quantitative estimate of drug-likeness (QED) is 0.571. The lowest BCUT2D eigenvalue weighted by Crippen LogP contribution is -2.51. The van der Waals surface area contributed by atoms with E-state index >= 15 is 0 Å². The van der Waals surface area contributed by atoms with Crippen molar-refractivity contribution < 1.29 is 19.5 Å². The van der Waals surface area contributed by atoms with Gasteiger partial charge in [0.2, 0.25) is 11.8 Å². The minimum atomic E-state index is -1.11. The minimum Gasteiger partial charge on any atom is -0.480 e. The Bertz CT molecular complexity index is 378. The summed E-state index contributed by atoms with van der Waals surface area (Å²) in [6, 6.07) is -1.20. The van der Waals surface area contributed by atoms with Crippen molar-refractivity contribution in [1.29, 1.82) is 0 Å². The molecule has 0 radical (unpaired) electrons. The molecule has 0 aromatic carbocycles. The highest BCUT2D eigenvalue weighted by Gasteiger charge is 2.35. The highest BCUT2D eigenvalue weighted by molar-refractivity contribution is 7.98. The number of nitrogens with one attached hydrogen (secondary N) is 1. The van der Waals surface area contributed by atoms with Gasteiger partial charge >= 0.3 is 5.97 Å². The Kier molecular flexibility index (Phi) is 6.80. The Morgan fingerprint density at radius 1 is 1.50 bits per heavy atom. The van der Waals surface area contributed by atoms with Gasteiger partial charge in [0.15, 0.2) is 0 Å². The van der Waals surface area contributed by atoms with Crippen molar-refractivity contribution in [2.24, 2.45) is 5.73 Å². The van der Waals surface area contributed by atoms with E-state index in [4.69, 9.17) is 10.8 Å². The van der Waals surface area contributed by atoms with Crippen LogP contribution in [0.15, 0.2) is 0 Å². The molecule has 2 atom stereocenters. The SMILES string of the molecule is CSCC[C@H](N)C(=O)N1CCC[C@H]1C(=O)NCC(=O)O. The molecule has 0 unspecified atom stereocenters. The standard InChI is InChI=1S/C12H21N3O4S/c1-20-6-4-8(13)12(19)15-5-2-3-9(15)11(18)14-7-10(16)17/h8-9H,2-7,13H2,1H3,(H,14,18)(H,16,17)/t8-,9-/m0/s1. The van der Waals surface area contributed by atoms with E-state index < -0.39 is 30.5 Å². The van der Waals surface area contributed by atoms with Gasteiger partial charge in [-0.05, 0) is 31.3 Å². The molecule has 0 aromatic heterocycles. The second-order valence-corrected chi connectivity index (χ2v) is 5.67. The number of aliphatic carboxylic acids is 1. The Labute approximate surface area is 122 Å². The monoisotopic (exact) mass is 303 g/mol. The van der Waals surface area contributed by atoms with Gasteiger partial charge in [0.1, 0.15) is 12.6 Å². The topological polar surface area (TPSA) is 113 Å². The van der Waals surface area contributed by atoms with Crippen molar-refractivity contribution >= 4 is 29.5 Å². The highest BCUT2D eigenvalue weighted by atomic mass is 32.2. The summed E-state index contributed by atoms with van der Waals surface area (Å²) in [5.41, 5.74) is 5.84. The van der Waals surface area contributed by atoms with Crippen molar-refractivity contribution in [1.82, 2.24) is 10.2 Å². The molecule has 1 fully saturated rings. The summed E-state index contributed by atoms with van der Waals surface area (Å²) < 4.78 is 0. The van der Waals surface area contributed by atoms with Gasteiger partial charge in [-0.3, -0.25) is 14.4 Å². The lowest BCUT2D eigenvalue weighted by atomic mass is 10.1. The van der Waals surface area contributed by atoms with Gasteiger partial charge in [-0.15, -0.1) is 0 Å². The first-order chi connectivity index (χ1) is 9.47. The van der Waals surface area contributed by atoms with Crippen LogP contribution in [0.2, 0.25) is 0 Å². The lowest BCUT2D eigenvalue weighted by molar-refractivity contribution is -0.141. The number of carboxylic acid groups (broad SMARTS) is 1. The fourth-order valence-corrected chi connectivity index (χ4v) is 2.65. The molecule has 4 N–H and O–H groups in total. The summed E-state index contributed by atoms with van der Waals surface area (Å²) in [7, 11) is 0. The van der Waals surface area contributed by atoms with Crippen LogP contribution < -0.4 is 11.1 Å². The summed E-state index contributed by atoms with van der Waals surface area (Å²) in [5.74, 6) is -0.968. The van der Waals surface area contributed by atoms with Crippen molar-refractivity contribution in [2.45, 2.75) is 31.3 Å². The van der Waals surface area contributed by atoms with E-state index in [1.807, 2.05) is 6.26 Å². The number of carboxylic acids is 1. The largest absolute Gasteiger partial charge is 0.480 e. The van der Waals surface area contributed by atoms with Gasteiger partial charge in [-0.25, -0.2) is 0 Å². The van der Waals surface area contributed by atoms with Crippen LogP contribution in [0.25, 0.3) is 0 Å². The van der Waals surface area contributed by atoms with Crippen LogP contribution in [0, 0.1) is 0 Å². The predicted octanol–water partition coefficient (Wildman–Crippen LogP) is -0.741. The number of rotatable bonds is 7. The average Bonchev–Trinajstić information content (AvgIpc) is 2.90. The molecule has 0 aliphatic carbocycles. The lowest BCUT2D eigenvalue weighted by Gasteiger charge is -2.26. The zero-order chi connectivity index (χ0) is 15.1. The number of hydrogen-bond donors (Lipinski definition) is 3. The van der Waals surface area contributed by atoms with Gasteiger partial charge in [0, 0.05) is 6.54 Å². The molecule has 1 aliphatic heterocycles. The predicted molar refractivity (Wildman–Crippen MR) is 76.4 cm³/mol. The minimum absolute atomic E-state index is 0.230. The number of carbonyl (C=O) groups excluding carboxylic acids is 2. The molecule has 8 heteroatoms. The first-order valence-corrected chi connectivity index (χ1v) is 7.91. The van der Waals surface area contributed by atoms with Crippen molar-refractivity contribution in [3.8, 4) is 0 Å². The van der Waals surface area contributed by atoms with Gasteiger partial charge in [-0.1, -0.05) is 0 Å². The van der Waals surface area contributed by atoms with Gasteiger partial charge in [-0.2, -0.15) is 11.8 Å². The smallest absolute Gasteiger partial charge is 0.322 e.